The first kappa shape index (κ1) is 8.19. The minimum Gasteiger partial charge on any atom is -0.287 e. The van der Waals surface area contributed by atoms with Gasteiger partial charge >= 0.3 is 0 Å². The van der Waals surface area contributed by atoms with E-state index in [0.717, 1.165) is 0 Å². The van der Waals surface area contributed by atoms with Crippen LogP contribution in [0.3, 0.4) is 0 Å². The summed E-state index contributed by atoms with van der Waals surface area (Å²) < 4.78 is 1.52. The fourth-order valence-corrected chi connectivity index (χ4v) is 0.981. The highest BCUT2D eigenvalue weighted by atomic mass is 32.1. The summed E-state index contributed by atoms with van der Waals surface area (Å²) in [7, 11) is 0. The van der Waals surface area contributed by atoms with E-state index < -0.39 is 0 Å². The van der Waals surface area contributed by atoms with Crippen molar-refractivity contribution in [3.8, 4) is 0 Å². The van der Waals surface area contributed by atoms with Gasteiger partial charge in [0.1, 0.15) is 6.33 Å². The molecule has 1 rings (SSSR count). The van der Waals surface area contributed by atoms with Gasteiger partial charge in [0.25, 0.3) is 0 Å². The van der Waals surface area contributed by atoms with Crippen LogP contribution in [0.4, 0.5) is 0 Å². The summed E-state index contributed by atoms with van der Waals surface area (Å²) in [5.41, 5.74) is 0. The van der Waals surface area contributed by atoms with Crippen molar-refractivity contribution in [3.63, 3.8) is 0 Å². The second-order valence-electron chi connectivity index (χ2n) is 2.24. The van der Waals surface area contributed by atoms with E-state index in [1.165, 1.54) is 11.0 Å². The third kappa shape index (κ3) is 2.30. The van der Waals surface area contributed by atoms with Gasteiger partial charge in [-0.25, -0.2) is 4.68 Å². The number of hydrogen-bond donors (Lipinski definition) is 1. The first-order chi connectivity index (χ1) is 5.20. The van der Waals surface area contributed by atoms with Crippen LogP contribution in [0.15, 0.2) is 6.33 Å². The largest absolute Gasteiger partial charge is 0.287 e. The van der Waals surface area contributed by atoms with Crippen molar-refractivity contribution < 1.29 is 4.79 Å². The smallest absolute Gasteiger partial charge is 0.188 e. The average Bonchev–Trinajstić information content (AvgIpc) is 2.35. The van der Waals surface area contributed by atoms with Gasteiger partial charge in [0, 0.05) is 6.42 Å². The van der Waals surface area contributed by atoms with Crippen molar-refractivity contribution >= 4 is 17.7 Å². The van der Waals surface area contributed by atoms with Crippen LogP contribution in [0.25, 0.3) is 0 Å². The molecule has 1 aromatic heterocycles. The highest BCUT2D eigenvalue weighted by Gasteiger charge is 2.07. The minimum atomic E-state index is -0.159. The molecule has 6 heteroatoms. The molecule has 11 heavy (non-hydrogen) atoms. The van der Waals surface area contributed by atoms with Crippen molar-refractivity contribution in [1.29, 1.82) is 0 Å². The van der Waals surface area contributed by atoms with Gasteiger partial charge in [-0.1, -0.05) is 0 Å². The first-order valence-electron chi connectivity index (χ1n) is 3.14. The number of aromatic nitrogens is 4. The topological polar surface area (TPSA) is 60.7 Å². The van der Waals surface area contributed by atoms with Crippen LogP contribution in [0, 0.1) is 0 Å². The number of tetrazole rings is 1. The molecule has 5 nitrogen and oxygen atoms in total. The quantitative estimate of drug-likeness (QED) is 0.656. The molecule has 0 aliphatic heterocycles. The second-order valence-corrected chi connectivity index (χ2v) is 2.74. The lowest BCUT2D eigenvalue weighted by Crippen LogP contribution is -2.08. The molecule has 1 aromatic rings. The molecule has 0 saturated carbocycles. The molecular weight excluding hydrogens is 164 g/mol. The maximum Gasteiger partial charge on any atom is 0.188 e. The minimum absolute atomic E-state index is 0.0185. The molecule has 0 spiro atoms. The zero-order valence-electron chi connectivity index (χ0n) is 6.01. The summed E-state index contributed by atoms with van der Waals surface area (Å²) in [6, 6.07) is -0.0185. The lowest BCUT2D eigenvalue weighted by Gasteiger charge is -2.05. The molecule has 0 amide bonds. The Morgan fingerprint density at radius 1 is 1.82 bits per heavy atom. The van der Waals surface area contributed by atoms with E-state index in [2.05, 4.69) is 28.2 Å². The summed E-state index contributed by atoms with van der Waals surface area (Å²) in [6.07, 6.45) is 1.82. The Morgan fingerprint density at radius 2 is 2.55 bits per heavy atom. The maximum absolute atomic E-state index is 10.5. The Labute approximate surface area is 69.2 Å². The van der Waals surface area contributed by atoms with Gasteiger partial charge in [-0.05, 0) is 17.4 Å². The Balaban J connectivity index is 2.56. The lowest BCUT2D eigenvalue weighted by atomic mass is 10.3. The number of thiol groups is 1. The summed E-state index contributed by atoms with van der Waals surface area (Å²) in [6.45, 7) is 1.85. The maximum atomic E-state index is 10.5. The molecule has 60 valence electrons. The normalized spacial score (nSPS) is 12.9. The molecule has 0 bridgehead atoms. The Morgan fingerprint density at radius 3 is 3.00 bits per heavy atom. The monoisotopic (exact) mass is 172 g/mol. The fourth-order valence-electron chi connectivity index (χ4n) is 0.717. The second kappa shape index (κ2) is 3.47. The SMILES string of the molecule is C[C@H](CC(=O)S)n1cnnn1. The molecule has 0 fully saturated rings. The van der Waals surface area contributed by atoms with Gasteiger partial charge in [0.2, 0.25) is 0 Å². The van der Waals surface area contributed by atoms with Crippen molar-refractivity contribution in [2.24, 2.45) is 0 Å². The van der Waals surface area contributed by atoms with E-state index in [9.17, 15) is 4.79 Å². The highest BCUT2D eigenvalue weighted by Crippen LogP contribution is 2.08. The van der Waals surface area contributed by atoms with Gasteiger partial charge in [-0.3, -0.25) is 4.79 Å². The van der Waals surface area contributed by atoms with Gasteiger partial charge in [-0.2, -0.15) is 0 Å². The number of hydrogen-bond acceptors (Lipinski definition) is 4. The van der Waals surface area contributed by atoms with Gasteiger partial charge < -0.3 is 0 Å². The van der Waals surface area contributed by atoms with Crippen molar-refractivity contribution in [1.82, 2.24) is 20.2 Å². The molecule has 1 atom stereocenters. The van der Waals surface area contributed by atoms with E-state index in [1.807, 2.05) is 6.92 Å². The predicted octanol–water partition coefficient (Wildman–Crippen LogP) is 0.0806. The summed E-state index contributed by atoms with van der Waals surface area (Å²) in [5.74, 6) is 0. The van der Waals surface area contributed by atoms with E-state index in [1.54, 1.807) is 0 Å². The first-order valence-corrected chi connectivity index (χ1v) is 3.59. The van der Waals surface area contributed by atoms with Crippen LogP contribution in [-0.4, -0.2) is 25.3 Å². The molecular formula is C5H8N4OS. The van der Waals surface area contributed by atoms with E-state index in [-0.39, 0.29) is 11.2 Å². The molecule has 0 aliphatic carbocycles. The molecule has 0 aromatic carbocycles. The summed E-state index contributed by atoms with van der Waals surface area (Å²) in [4.78, 5) is 10.5. The molecule has 0 saturated heterocycles. The molecule has 0 unspecified atom stereocenters. The lowest BCUT2D eigenvalue weighted by molar-refractivity contribution is -0.111. The predicted molar refractivity (Wildman–Crippen MR) is 41.1 cm³/mol. The van der Waals surface area contributed by atoms with Crippen LogP contribution in [-0.2, 0) is 4.79 Å². The standard InChI is InChI=1S/C5H8N4OS/c1-4(2-5(10)11)9-3-6-7-8-9/h3-4H,2H2,1H3,(H,10,11)/t4-/m1/s1. The van der Waals surface area contributed by atoms with E-state index in [0.29, 0.717) is 6.42 Å². The van der Waals surface area contributed by atoms with Crippen molar-refractivity contribution in [2.75, 3.05) is 0 Å². The van der Waals surface area contributed by atoms with Crippen LogP contribution in [0.5, 0.6) is 0 Å². The zero-order chi connectivity index (χ0) is 8.27. The highest BCUT2D eigenvalue weighted by molar-refractivity contribution is 7.96. The molecule has 0 radical (unpaired) electrons. The molecule has 0 aliphatic rings. The number of nitrogens with zero attached hydrogens (tertiary/aromatic N) is 4. The van der Waals surface area contributed by atoms with Crippen molar-refractivity contribution in [3.05, 3.63) is 6.33 Å². The number of rotatable bonds is 3. The third-order valence-electron chi connectivity index (χ3n) is 1.29. The van der Waals surface area contributed by atoms with Gasteiger partial charge in [-0.15, -0.1) is 17.7 Å². The summed E-state index contributed by atoms with van der Waals surface area (Å²) in [5, 5.41) is 10.4. The average molecular weight is 172 g/mol. The van der Waals surface area contributed by atoms with Gasteiger partial charge in [0.05, 0.1) is 6.04 Å². The Kier molecular flexibility index (Phi) is 2.58. The molecule has 0 N–H and O–H groups in total. The van der Waals surface area contributed by atoms with E-state index in [4.69, 9.17) is 0 Å². The van der Waals surface area contributed by atoms with Crippen LogP contribution in [0.2, 0.25) is 0 Å². The number of carbonyl (C=O) groups excluding carboxylic acids is 1. The van der Waals surface area contributed by atoms with E-state index >= 15 is 0 Å². The zero-order valence-corrected chi connectivity index (χ0v) is 6.90. The third-order valence-corrected chi connectivity index (χ3v) is 1.47. The van der Waals surface area contributed by atoms with Crippen molar-refractivity contribution in [2.45, 2.75) is 19.4 Å². The van der Waals surface area contributed by atoms with Crippen LogP contribution < -0.4 is 0 Å². The molecule has 1 heterocycles. The fraction of sp³-hybridized carbons (Fsp3) is 0.600. The Bertz CT molecular complexity index is 235. The van der Waals surface area contributed by atoms with Crippen LogP contribution >= 0.6 is 12.6 Å². The Hall–Kier alpha value is -0.910. The van der Waals surface area contributed by atoms with Gasteiger partial charge in [0.15, 0.2) is 5.12 Å². The number of carbonyl (C=O) groups is 1. The summed E-state index contributed by atoms with van der Waals surface area (Å²) >= 11 is 3.65. The van der Waals surface area contributed by atoms with Crippen LogP contribution in [0.1, 0.15) is 19.4 Å².